The Morgan fingerprint density at radius 1 is 0.561 bits per heavy atom. The number of halogens is 2. The molecule has 208 valence electrons. The summed E-state index contributed by atoms with van der Waals surface area (Å²) in [7, 11) is 1.08. The monoisotopic (exact) mass is 686 g/mol. The van der Waals surface area contributed by atoms with Crippen LogP contribution in [0, 0.1) is 13.8 Å². The Morgan fingerprint density at radius 3 is 1.20 bits per heavy atom. The fraction of sp³-hybridized carbons (Fsp3) is 0.167. The normalized spacial score (nSPS) is 10.3. The van der Waals surface area contributed by atoms with Crippen LogP contribution in [-0.2, 0) is 26.2 Å². The summed E-state index contributed by atoms with van der Waals surface area (Å²) in [4.78, 5) is 0. The van der Waals surface area contributed by atoms with Crippen LogP contribution in [0.2, 0.25) is 26.2 Å². The number of rotatable bonds is 2. The first-order chi connectivity index (χ1) is 19.1. The molecule has 0 aromatic heterocycles. The third-order valence-corrected chi connectivity index (χ3v) is 5.96. The van der Waals surface area contributed by atoms with Gasteiger partial charge in [-0.25, -0.2) is 0 Å². The maximum Gasteiger partial charge on any atom is 2.00 e. The van der Waals surface area contributed by atoms with Gasteiger partial charge in [-0.3, -0.25) is 0 Å². The van der Waals surface area contributed by atoms with Crippen LogP contribution in [0.3, 0.4) is 0 Å². The molecule has 5 heteroatoms. The molecule has 6 rings (SSSR count). The summed E-state index contributed by atoms with van der Waals surface area (Å²) in [5.74, 6) is 0. The maximum absolute atomic E-state index is 5.43. The summed E-state index contributed by atoms with van der Waals surface area (Å²) in [6, 6.07) is 43.1. The van der Waals surface area contributed by atoms with Crippen LogP contribution in [0.4, 0.5) is 0 Å². The smallest absolute Gasteiger partial charge is 0.165 e. The number of aryl methyl sites for hydroxylation is 2. The zero-order chi connectivity index (χ0) is 29.1. The number of hydrogen-bond acceptors (Lipinski definition) is 0. The Hall–Kier alpha value is -2.00. The molecule has 0 N–H and O–H groups in total. The van der Waals surface area contributed by atoms with Gasteiger partial charge in [-0.1, -0.05) is 111 Å². The second-order valence-corrected chi connectivity index (χ2v) is 20.1. The molecule has 0 fully saturated rings. The van der Waals surface area contributed by atoms with Gasteiger partial charge in [0.1, 0.15) is 0 Å². The second-order valence-electron chi connectivity index (χ2n) is 10.2. The first-order valence-electron chi connectivity index (χ1n) is 13.5. The maximum atomic E-state index is 5.43. The third-order valence-electron chi connectivity index (χ3n) is 5.96. The van der Waals surface area contributed by atoms with Crippen LogP contribution >= 0.6 is 22.2 Å². The van der Waals surface area contributed by atoms with Crippen molar-refractivity contribution >= 4 is 59.9 Å². The van der Waals surface area contributed by atoms with E-state index in [4.69, 9.17) is 22.2 Å². The van der Waals surface area contributed by atoms with Crippen molar-refractivity contribution in [1.82, 2.24) is 0 Å². The molecule has 0 bridgehead atoms. The zero-order valence-corrected chi connectivity index (χ0v) is 30.8. The van der Waals surface area contributed by atoms with Gasteiger partial charge in [0.2, 0.25) is 6.69 Å². The molecule has 0 spiro atoms. The first-order valence-corrected chi connectivity index (χ1v) is 20.5. The van der Waals surface area contributed by atoms with Gasteiger partial charge in [0, 0.05) is 9.52 Å². The minimum absolute atomic E-state index is 0. The van der Waals surface area contributed by atoms with Gasteiger partial charge < -0.3 is 0 Å². The number of fused-ring (bicyclic) bond motifs is 2. The number of benzene rings is 4. The summed E-state index contributed by atoms with van der Waals surface area (Å²) >= 11 is 10.9. The summed E-state index contributed by atoms with van der Waals surface area (Å²) < 4.78 is 0. The predicted octanol–water partition coefficient (Wildman–Crippen LogP) is 12.0. The standard InChI is InChI=1S/2C16H13.C2H6Cl2Si.C2H6Si.Zr/c2*1-12-10-14-8-5-9-15(16(14)11-12)13-6-3-2-4-7-13;1-5(2,3)4;1-3-2;/h2*2-11H,1H3;1-2H3;1-2H3;/q2*-1;;;+2. The van der Waals surface area contributed by atoms with E-state index in [0.29, 0.717) is 0 Å². The van der Waals surface area contributed by atoms with Gasteiger partial charge in [-0.05, 0) is 24.2 Å². The fourth-order valence-corrected chi connectivity index (χ4v) is 4.51. The quantitative estimate of drug-likeness (QED) is 0.0965. The third kappa shape index (κ3) is 11.3. The molecule has 41 heavy (non-hydrogen) atoms. The van der Waals surface area contributed by atoms with E-state index in [-0.39, 0.29) is 26.2 Å². The van der Waals surface area contributed by atoms with Gasteiger partial charge in [-0.15, -0.1) is 91.2 Å². The fourth-order valence-electron chi connectivity index (χ4n) is 4.51. The van der Waals surface area contributed by atoms with Crippen molar-refractivity contribution in [2.24, 2.45) is 0 Å². The second kappa shape index (κ2) is 17.2. The van der Waals surface area contributed by atoms with Crippen LogP contribution in [0.15, 0.2) is 121 Å². The predicted molar refractivity (Wildman–Crippen MR) is 186 cm³/mol. The molecule has 0 saturated carbocycles. The van der Waals surface area contributed by atoms with E-state index >= 15 is 0 Å². The Balaban J connectivity index is 0.000000225. The molecular weight excluding hydrogens is 651 g/mol. The van der Waals surface area contributed by atoms with E-state index in [9.17, 15) is 0 Å². The van der Waals surface area contributed by atoms with Crippen LogP contribution in [0.1, 0.15) is 11.1 Å². The topological polar surface area (TPSA) is 0 Å². The Labute approximate surface area is 278 Å². The Kier molecular flexibility index (Phi) is 14.8. The Bertz CT molecular complexity index is 1480. The van der Waals surface area contributed by atoms with Gasteiger partial charge in [0.25, 0.3) is 0 Å². The molecule has 0 aliphatic heterocycles. The van der Waals surface area contributed by atoms with Gasteiger partial charge in [0.05, 0.1) is 0 Å². The Morgan fingerprint density at radius 2 is 0.878 bits per heavy atom. The molecular formula is C36H38Cl2Si2Zr. The molecule has 6 aromatic rings. The molecule has 0 saturated heterocycles. The molecule has 0 nitrogen and oxygen atoms in total. The van der Waals surface area contributed by atoms with E-state index in [1.807, 2.05) is 13.1 Å². The largest absolute Gasteiger partial charge is 2.00 e. The van der Waals surface area contributed by atoms with Crippen LogP contribution < -0.4 is 0 Å². The minimum Gasteiger partial charge on any atom is -0.165 e. The van der Waals surface area contributed by atoms with Crippen molar-refractivity contribution in [2.45, 2.75) is 40.0 Å². The van der Waals surface area contributed by atoms with E-state index in [0.717, 1.165) is 9.52 Å². The van der Waals surface area contributed by atoms with Crippen LogP contribution in [0.5, 0.6) is 0 Å². The van der Waals surface area contributed by atoms with Crippen molar-refractivity contribution in [3.05, 3.63) is 132 Å². The van der Waals surface area contributed by atoms with Crippen molar-refractivity contribution in [3.8, 4) is 22.3 Å². The molecule has 0 aliphatic carbocycles. The minimum atomic E-state index is -1.67. The van der Waals surface area contributed by atoms with Crippen molar-refractivity contribution in [1.29, 1.82) is 0 Å². The number of hydrogen-bond donors (Lipinski definition) is 0. The summed E-state index contributed by atoms with van der Waals surface area (Å²) in [5, 5.41) is 5.37. The molecule has 0 aliphatic rings. The zero-order valence-electron chi connectivity index (χ0n) is 24.8. The summed E-state index contributed by atoms with van der Waals surface area (Å²) in [6.07, 6.45) is 0. The molecule has 0 unspecified atom stereocenters. The van der Waals surface area contributed by atoms with E-state index < -0.39 is 6.69 Å². The van der Waals surface area contributed by atoms with Gasteiger partial charge in [-0.2, -0.15) is 12.1 Å². The van der Waals surface area contributed by atoms with Crippen molar-refractivity contribution < 1.29 is 26.2 Å². The molecule has 0 amide bonds. The first kappa shape index (κ1) is 35.2. The van der Waals surface area contributed by atoms with Crippen molar-refractivity contribution in [2.75, 3.05) is 0 Å². The molecule has 0 heterocycles. The van der Waals surface area contributed by atoms with Gasteiger partial charge in [0.15, 0.2) is 0 Å². The van der Waals surface area contributed by atoms with Crippen molar-refractivity contribution in [3.63, 3.8) is 0 Å². The summed E-state index contributed by atoms with van der Waals surface area (Å²) in [6.45, 7) is 10.6. The SMILES string of the molecule is C[Si](C)(Cl)Cl.C[Si]C.Cc1cc2c(-c3ccccc3)cccc2[cH-]1.Cc1cc2c(-c3ccccc3)cccc2[cH-]1.[Zr+2]. The van der Waals surface area contributed by atoms with Crippen LogP contribution in [0.25, 0.3) is 43.8 Å². The molecule has 6 aromatic carbocycles. The van der Waals surface area contributed by atoms with E-state index in [1.54, 1.807) is 0 Å². The average molecular weight is 689 g/mol. The summed E-state index contributed by atoms with van der Waals surface area (Å²) in [5.41, 5.74) is 7.89. The van der Waals surface area contributed by atoms with E-state index in [1.165, 1.54) is 54.9 Å². The van der Waals surface area contributed by atoms with E-state index in [2.05, 4.69) is 148 Å². The average Bonchev–Trinajstić information content (AvgIpc) is 3.50. The molecule has 0 atom stereocenters. The van der Waals surface area contributed by atoms with Crippen LogP contribution in [-0.4, -0.2) is 16.2 Å². The molecule has 2 radical (unpaired) electrons. The van der Waals surface area contributed by atoms with Gasteiger partial charge >= 0.3 is 26.2 Å².